The van der Waals surface area contributed by atoms with Gasteiger partial charge in [-0.15, -0.1) is 0 Å². The second-order valence-electron chi connectivity index (χ2n) is 5.93. The highest BCUT2D eigenvalue weighted by atomic mass is 32.2. The normalized spacial score (nSPS) is 15.4. The van der Waals surface area contributed by atoms with Gasteiger partial charge in [-0.1, -0.05) is 12.1 Å². The number of aromatic nitrogens is 2. The lowest BCUT2D eigenvalue weighted by molar-refractivity contribution is 0.0933. The molecule has 0 saturated heterocycles. The second kappa shape index (κ2) is 6.95. The van der Waals surface area contributed by atoms with Crippen molar-refractivity contribution in [3.63, 3.8) is 0 Å². The Morgan fingerprint density at radius 1 is 1.28 bits per heavy atom. The zero-order chi connectivity index (χ0) is 18.0. The van der Waals surface area contributed by atoms with Crippen molar-refractivity contribution in [3.05, 3.63) is 46.8 Å². The van der Waals surface area contributed by atoms with Crippen molar-refractivity contribution in [1.29, 1.82) is 0 Å². The van der Waals surface area contributed by atoms with E-state index in [0.717, 1.165) is 29.8 Å². The van der Waals surface area contributed by atoms with Crippen LogP contribution in [0.1, 0.15) is 40.3 Å². The Morgan fingerprint density at radius 2 is 2.00 bits per heavy atom. The molecule has 0 bridgehead atoms. The molecular weight excluding hydrogens is 342 g/mol. The van der Waals surface area contributed by atoms with Crippen molar-refractivity contribution in [3.8, 4) is 0 Å². The molecular formula is C16H21N5O3S. The molecule has 25 heavy (non-hydrogen) atoms. The molecule has 1 aliphatic rings. The topological polar surface area (TPSA) is 116 Å². The first-order chi connectivity index (χ1) is 11.9. The number of nitrogens with one attached hydrogen (secondary N) is 4. The van der Waals surface area contributed by atoms with E-state index < -0.39 is 10.0 Å². The summed E-state index contributed by atoms with van der Waals surface area (Å²) in [5.41, 5.74) is 3.12. The highest BCUT2D eigenvalue weighted by molar-refractivity contribution is 7.89. The standard InChI is InChI=1S/C16H21N5O3S/c1-10(11-3-5-12(6-4-11)25(23,24)17-2)19-16(22)15-13-9-18-8-7-14(13)20-21-15/h3-6,10,17-18H,7-9H2,1-2H3,(H,19,22)(H,20,21). The lowest BCUT2D eigenvalue weighted by Crippen LogP contribution is -2.30. The summed E-state index contributed by atoms with van der Waals surface area (Å²) in [7, 11) is -2.10. The van der Waals surface area contributed by atoms with Gasteiger partial charge in [-0.3, -0.25) is 9.89 Å². The number of amides is 1. The SMILES string of the molecule is CNS(=O)(=O)c1ccc(C(C)NC(=O)c2n[nH]c3c2CNCC3)cc1. The van der Waals surface area contributed by atoms with E-state index in [2.05, 4.69) is 25.6 Å². The van der Waals surface area contributed by atoms with Gasteiger partial charge >= 0.3 is 0 Å². The minimum Gasteiger partial charge on any atom is -0.344 e. The monoisotopic (exact) mass is 363 g/mol. The minimum absolute atomic E-state index is 0.185. The van der Waals surface area contributed by atoms with E-state index in [-0.39, 0.29) is 16.8 Å². The van der Waals surface area contributed by atoms with Gasteiger partial charge in [0.25, 0.3) is 5.91 Å². The third kappa shape index (κ3) is 3.58. The zero-order valence-corrected chi connectivity index (χ0v) is 14.9. The molecule has 9 heteroatoms. The zero-order valence-electron chi connectivity index (χ0n) is 14.1. The van der Waals surface area contributed by atoms with Crippen LogP contribution in [-0.2, 0) is 23.0 Å². The summed E-state index contributed by atoms with van der Waals surface area (Å²) in [6.45, 7) is 3.34. The molecule has 2 aromatic rings. The number of carbonyl (C=O) groups excluding carboxylic acids is 1. The molecule has 0 fully saturated rings. The van der Waals surface area contributed by atoms with E-state index in [1.807, 2.05) is 6.92 Å². The highest BCUT2D eigenvalue weighted by Crippen LogP contribution is 2.19. The third-order valence-electron chi connectivity index (χ3n) is 4.33. The van der Waals surface area contributed by atoms with Crippen LogP contribution in [0.15, 0.2) is 29.2 Å². The number of rotatable bonds is 5. The Hall–Kier alpha value is -2.23. The Kier molecular flexibility index (Phi) is 4.89. The van der Waals surface area contributed by atoms with Crippen molar-refractivity contribution < 1.29 is 13.2 Å². The molecule has 0 saturated carbocycles. The van der Waals surface area contributed by atoms with Crippen LogP contribution in [0, 0.1) is 0 Å². The van der Waals surface area contributed by atoms with Crippen LogP contribution in [0.5, 0.6) is 0 Å². The van der Waals surface area contributed by atoms with Crippen LogP contribution in [0.3, 0.4) is 0 Å². The molecule has 0 spiro atoms. The van der Waals surface area contributed by atoms with E-state index in [0.29, 0.717) is 12.2 Å². The van der Waals surface area contributed by atoms with E-state index in [4.69, 9.17) is 0 Å². The van der Waals surface area contributed by atoms with Crippen LogP contribution in [-0.4, -0.2) is 38.1 Å². The van der Waals surface area contributed by atoms with Crippen LogP contribution >= 0.6 is 0 Å². The molecule has 0 aliphatic carbocycles. The van der Waals surface area contributed by atoms with E-state index in [1.54, 1.807) is 12.1 Å². The lowest BCUT2D eigenvalue weighted by Gasteiger charge is -2.16. The Labute approximate surface area is 146 Å². The first-order valence-electron chi connectivity index (χ1n) is 8.03. The van der Waals surface area contributed by atoms with Crippen molar-refractivity contribution in [1.82, 2.24) is 25.6 Å². The molecule has 4 N–H and O–H groups in total. The summed E-state index contributed by atoms with van der Waals surface area (Å²) in [6, 6.07) is 6.14. The van der Waals surface area contributed by atoms with Crippen molar-refractivity contribution >= 4 is 15.9 Å². The predicted octanol–water partition coefficient (Wildman–Crippen LogP) is 0.454. The van der Waals surface area contributed by atoms with Gasteiger partial charge in [0.1, 0.15) is 0 Å². The summed E-state index contributed by atoms with van der Waals surface area (Å²) in [5, 5.41) is 13.2. The fraction of sp³-hybridized carbons (Fsp3) is 0.375. The first kappa shape index (κ1) is 17.6. The van der Waals surface area contributed by atoms with Gasteiger partial charge in [0, 0.05) is 30.8 Å². The predicted molar refractivity (Wildman–Crippen MR) is 92.6 cm³/mol. The Balaban J connectivity index is 1.73. The molecule has 2 heterocycles. The molecule has 1 aromatic carbocycles. The van der Waals surface area contributed by atoms with E-state index in [1.165, 1.54) is 19.2 Å². The van der Waals surface area contributed by atoms with Crippen molar-refractivity contribution in [2.75, 3.05) is 13.6 Å². The summed E-state index contributed by atoms with van der Waals surface area (Å²) in [5.74, 6) is -0.249. The molecule has 1 unspecified atom stereocenters. The van der Waals surface area contributed by atoms with Crippen LogP contribution in [0.4, 0.5) is 0 Å². The van der Waals surface area contributed by atoms with Gasteiger partial charge in [-0.25, -0.2) is 13.1 Å². The molecule has 1 atom stereocenters. The van der Waals surface area contributed by atoms with Crippen LogP contribution in [0.2, 0.25) is 0 Å². The Bertz CT molecular complexity index is 874. The number of H-pyrrole nitrogens is 1. The smallest absolute Gasteiger partial charge is 0.272 e. The summed E-state index contributed by atoms with van der Waals surface area (Å²) >= 11 is 0. The molecule has 1 amide bonds. The van der Waals surface area contributed by atoms with E-state index in [9.17, 15) is 13.2 Å². The first-order valence-corrected chi connectivity index (χ1v) is 9.52. The quantitative estimate of drug-likeness (QED) is 0.616. The summed E-state index contributed by atoms with van der Waals surface area (Å²) < 4.78 is 25.8. The number of hydrogen-bond donors (Lipinski definition) is 4. The number of aromatic amines is 1. The average Bonchev–Trinajstić information content (AvgIpc) is 3.06. The molecule has 1 aromatic heterocycles. The fourth-order valence-electron chi connectivity index (χ4n) is 2.81. The molecule has 0 radical (unpaired) electrons. The fourth-order valence-corrected chi connectivity index (χ4v) is 3.54. The number of hydrogen-bond acceptors (Lipinski definition) is 5. The molecule has 1 aliphatic heterocycles. The third-order valence-corrected chi connectivity index (χ3v) is 5.76. The van der Waals surface area contributed by atoms with Crippen molar-refractivity contribution in [2.45, 2.75) is 30.8 Å². The highest BCUT2D eigenvalue weighted by Gasteiger charge is 2.23. The van der Waals surface area contributed by atoms with Crippen LogP contribution < -0.4 is 15.4 Å². The van der Waals surface area contributed by atoms with Gasteiger partial charge in [-0.05, 0) is 31.7 Å². The number of carbonyl (C=O) groups is 1. The minimum atomic E-state index is -3.47. The number of nitrogens with zero attached hydrogens (tertiary/aromatic N) is 1. The maximum atomic E-state index is 12.5. The molecule has 3 rings (SSSR count). The van der Waals surface area contributed by atoms with Gasteiger partial charge in [0.15, 0.2) is 5.69 Å². The Morgan fingerprint density at radius 3 is 2.68 bits per heavy atom. The van der Waals surface area contributed by atoms with Gasteiger partial charge in [-0.2, -0.15) is 5.10 Å². The lowest BCUT2D eigenvalue weighted by atomic mass is 10.1. The second-order valence-corrected chi connectivity index (χ2v) is 7.81. The van der Waals surface area contributed by atoms with Crippen LogP contribution in [0.25, 0.3) is 0 Å². The maximum absolute atomic E-state index is 12.5. The van der Waals surface area contributed by atoms with Gasteiger partial charge in [0.05, 0.1) is 10.9 Å². The number of sulfonamides is 1. The van der Waals surface area contributed by atoms with Crippen molar-refractivity contribution in [2.24, 2.45) is 0 Å². The number of benzene rings is 1. The summed E-state index contributed by atoms with van der Waals surface area (Å²) in [4.78, 5) is 12.7. The summed E-state index contributed by atoms with van der Waals surface area (Å²) in [6.07, 6.45) is 0.826. The molecule has 134 valence electrons. The number of fused-ring (bicyclic) bond motifs is 1. The van der Waals surface area contributed by atoms with Gasteiger partial charge in [0.2, 0.25) is 10.0 Å². The average molecular weight is 363 g/mol. The maximum Gasteiger partial charge on any atom is 0.272 e. The van der Waals surface area contributed by atoms with Gasteiger partial charge < -0.3 is 10.6 Å². The largest absolute Gasteiger partial charge is 0.344 e. The molecule has 8 nitrogen and oxygen atoms in total. The van der Waals surface area contributed by atoms with E-state index >= 15 is 0 Å².